The Balaban J connectivity index is 2.45. The Morgan fingerprint density at radius 3 is 2.24 bits per heavy atom. The molecule has 0 aliphatic carbocycles. The number of hydrogen-bond acceptors (Lipinski definition) is 2. The second-order valence-electron chi connectivity index (χ2n) is 6.15. The molecule has 1 saturated heterocycles. The van der Waals surface area contributed by atoms with Crippen LogP contribution in [-0.4, -0.2) is 37.0 Å². The summed E-state index contributed by atoms with van der Waals surface area (Å²) in [6.45, 7) is 12.6. The van der Waals surface area contributed by atoms with Gasteiger partial charge in [0.15, 0.2) is 0 Å². The van der Waals surface area contributed by atoms with E-state index in [4.69, 9.17) is 0 Å². The molecule has 1 aliphatic heterocycles. The third-order valence-electron chi connectivity index (χ3n) is 3.15. The van der Waals surface area contributed by atoms with Gasteiger partial charge in [0.2, 0.25) is 5.91 Å². The lowest BCUT2D eigenvalue weighted by molar-refractivity contribution is -0.133. The lowest BCUT2D eigenvalue weighted by Gasteiger charge is -2.27. The Bertz CT molecular complexity index is 222. The van der Waals surface area contributed by atoms with Gasteiger partial charge in [0.05, 0.1) is 0 Å². The summed E-state index contributed by atoms with van der Waals surface area (Å²) in [6.07, 6.45) is 1.88. The van der Waals surface area contributed by atoms with Crippen molar-refractivity contribution >= 4 is 5.91 Å². The monoisotopic (exact) mass is 240 g/mol. The second-order valence-corrected chi connectivity index (χ2v) is 6.15. The van der Waals surface area contributed by atoms with Gasteiger partial charge < -0.3 is 10.2 Å². The molecule has 1 amide bonds. The van der Waals surface area contributed by atoms with Crippen molar-refractivity contribution in [3.63, 3.8) is 0 Å². The molecule has 100 valence electrons. The molecule has 1 N–H and O–H groups in total. The highest BCUT2D eigenvalue weighted by Gasteiger charge is 2.22. The van der Waals surface area contributed by atoms with Crippen molar-refractivity contribution in [3.05, 3.63) is 0 Å². The van der Waals surface area contributed by atoms with Crippen LogP contribution < -0.4 is 5.32 Å². The molecule has 17 heavy (non-hydrogen) atoms. The minimum absolute atomic E-state index is 0.348. The fourth-order valence-corrected chi connectivity index (χ4v) is 2.42. The van der Waals surface area contributed by atoms with Gasteiger partial charge in [-0.05, 0) is 37.3 Å². The Hall–Kier alpha value is -0.570. The van der Waals surface area contributed by atoms with Crippen LogP contribution in [0, 0.1) is 17.8 Å². The van der Waals surface area contributed by atoms with Gasteiger partial charge in [-0.15, -0.1) is 0 Å². The maximum atomic E-state index is 12.3. The maximum absolute atomic E-state index is 12.3. The molecule has 0 radical (unpaired) electrons. The normalized spacial score (nSPS) is 20.2. The first kappa shape index (κ1) is 14.5. The van der Waals surface area contributed by atoms with Crippen LogP contribution in [0.5, 0.6) is 0 Å². The van der Waals surface area contributed by atoms with Crippen molar-refractivity contribution in [3.8, 4) is 0 Å². The quantitative estimate of drug-likeness (QED) is 0.771. The lowest BCUT2D eigenvalue weighted by atomic mass is 10.0. The third kappa shape index (κ3) is 5.53. The molecule has 0 aromatic heterocycles. The molecule has 1 aliphatic rings. The number of hydrogen-bond donors (Lipinski definition) is 1. The van der Waals surface area contributed by atoms with E-state index in [1.54, 1.807) is 0 Å². The molecule has 1 rings (SSSR count). The van der Waals surface area contributed by atoms with Crippen LogP contribution in [0.3, 0.4) is 0 Å². The fraction of sp³-hybridized carbons (Fsp3) is 0.929. The summed E-state index contributed by atoms with van der Waals surface area (Å²) < 4.78 is 0. The predicted molar refractivity (Wildman–Crippen MR) is 71.8 cm³/mol. The van der Waals surface area contributed by atoms with Gasteiger partial charge in [-0.25, -0.2) is 0 Å². The summed E-state index contributed by atoms with van der Waals surface area (Å²) in [5, 5.41) is 3.33. The van der Waals surface area contributed by atoms with Crippen molar-refractivity contribution in [2.45, 2.75) is 40.5 Å². The van der Waals surface area contributed by atoms with Crippen molar-refractivity contribution in [2.24, 2.45) is 17.8 Å². The standard InChI is InChI=1S/C14H28N2O/c1-11(2)9-16(10-12(3)4)14(17)7-13-5-6-15-8-13/h11-13,15H,5-10H2,1-4H3. The van der Waals surface area contributed by atoms with Gasteiger partial charge in [0.25, 0.3) is 0 Å². The highest BCUT2D eigenvalue weighted by molar-refractivity contribution is 5.76. The van der Waals surface area contributed by atoms with E-state index in [-0.39, 0.29) is 0 Å². The van der Waals surface area contributed by atoms with Crippen LogP contribution >= 0.6 is 0 Å². The minimum atomic E-state index is 0.348. The first-order valence-corrected chi connectivity index (χ1v) is 6.97. The number of nitrogens with one attached hydrogen (secondary N) is 1. The highest BCUT2D eigenvalue weighted by Crippen LogP contribution is 2.15. The number of nitrogens with zero attached hydrogens (tertiary/aromatic N) is 1. The zero-order valence-corrected chi connectivity index (χ0v) is 11.8. The zero-order valence-electron chi connectivity index (χ0n) is 11.8. The van der Waals surface area contributed by atoms with Gasteiger partial charge in [-0.3, -0.25) is 4.79 Å². The predicted octanol–water partition coefficient (Wildman–Crippen LogP) is 2.13. The van der Waals surface area contributed by atoms with E-state index >= 15 is 0 Å². The number of amides is 1. The third-order valence-corrected chi connectivity index (χ3v) is 3.15. The van der Waals surface area contributed by atoms with Gasteiger partial charge in [0.1, 0.15) is 0 Å². The molecule has 1 fully saturated rings. The highest BCUT2D eigenvalue weighted by atomic mass is 16.2. The van der Waals surface area contributed by atoms with E-state index in [9.17, 15) is 4.79 Å². The molecule has 0 spiro atoms. The van der Waals surface area contributed by atoms with E-state index in [0.29, 0.717) is 23.7 Å². The molecule has 0 bridgehead atoms. The molecule has 3 nitrogen and oxygen atoms in total. The molecule has 3 heteroatoms. The van der Waals surface area contributed by atoms with Gasteiger partial charge in [0, 0.05) is 19.5 Å². The van der Waals surface area contributed by atoms with Crippen molar-refractivity contribution in [1.29, 1.82) is 0 Å². The Labute approximate surface area is 106 Å². The van der Waals surface area contributed by atoms with Gasteiger partial charge >= 0.3 is 0 Å². The summed E-state index contributed by atoms with van der Waals surface area (Å²) in [5.41, 5.74) is 0. The summed E-state index contributed by atoms with van der Waals surface area (Å²) in [5.74, 6) is 2.02. The van der Waals surface area contributed by atoms with Gasteiger partial charge in [-0.1, -0.05) is 27.7 Å². The topological polar surface area (TPSA) is 32.3 Å². The van der Waals surface area contributed by atoms with E-state index in [1.165, 1.54) is 0 Å². The average Bonchev–Trinajstić information content (AvgIpc) is 2.67. The van der Waals surface area contributed by atoms with E-state index in [1.807, 2.05) is 0 Å². The van der Waals surface area contributed by atoms with E-state index in [0.717, 1.165) is 39.0 Å². The molecule has 0 aromatic carbocycles. The molecule has 1 atom stereocenters. The van der Waals surface area contributed by atoms with Crippen molar-refractivity contribution < 1.29 is 4.79 Å². The summed E-state index contributed by atoms with van der Waals surface area (Å²) in [6, 6.07) is 0. The molecular weight excluding hydrogens is 212 g/mol. The van der Waals surface area contributed by atoms with Crippen LogP contribution in [0.15, 0.2) is 0 Å². The number of carbonyl (C=O) groups excluding carboxylic acids is 1. The lowest BCUT2D eigenvalue weighted by Crippen LogP contribution is -2.38. The molecule has 1 unspecified atom stereocenters. The minimum Gasteiger partial charge on any atom is -0.342 e. The maximum Gasteiger partial charge on any atom is 0.222 e. The largest absolute Gasteiger partial charge is 0.342 e. The summed E-state index contributed by atoms with van der Waals surface area (Å²) in [7, 11) is 0. The van der Waals surface area contributed by atoms with Crippen molar-refractivity contribution in [2.75, 3.05) is 26.2 Å². The molecular formula is C14H28N2O. The summed E-state index contributed by atoms with van der Waals surface area (Å²) >= 11 is 0. The second kappa shape index (κ2) is 7.00. The van der Waals surface area contributed by atoms with Crippen molar-refractivity contribution in [1.82, 2.24) is 10.2 Å². The van der Waals surface area contributed by atoms with E-state index < -0.39 is 0 Å². The van der Waals surface area contributed by atoms with Crippen LogP contribution in [-0.2, 0) is 4.79 Å². The Kier molecular flexibility index (Phi) is 5.96. The first-order valence-electron chi connectivity index (χ1n) is 6.97. The van der Waals surface area contributed by atoms with Crippen LogP contribution in [0.25, 0.3) is 0 Å². The first-order chi connectivity index (χ1) is 7.99. The van der Waals surface area contributed by atoms with E-state index in [2.05, 4.69) is 37.9 Å². The van der Waals surface area contributed by atoms with Crippen LogP contribution in [0.2, 0.25) is 0 Å². The SMILES string of the molecule is CC(C)CN(CC(C)C)C(=O)CC1CCNC1. The smallest absolute Gasteiger partial charge is 0.222 e. The summed E-state index contributed by atoms with van der Waals surface area (Å²) in [4.78, 5) is 14.3. The number of rotatable bonds is 6. The Morgan fingerprint density at radius 2 is 1.82 bits per heavy atom. The van der Waals surface area contributed by atoms with Crippen LogP contribution in [0.4, 0.5) is 0 Å². The molecule has 1 heterocycles. The Morgan fingerprint density at radius 1 is 1.24 bits per heavy atom. The van der Waals surface area contributed by atoms with Gasteiger partial charge in [-0.2, -0.15) is 0 Å². The average molecular weight is 240 g/mol. The molecule has 0 aromatic rings. The van der Waals surface area contributed by atoms with Crippen LogP contribution in [0.1, 0.15) is 40.5 Å². The fourth-order valence-electron chi connectivity index (χ4n) is 2.42. The zero-order chi connectivity index (χ0) is 12.8. The molecule has 0 saturated carbocycles. The number of carbonyl (C=O) groups is 1.